The Bertz CT molecular complexity index is 237. The minimum absolute atomic E-state index is 0.417. The molecule has 0 aromatic carbocycles. The molecule has 0 bridgehead atoms. The third-order valence-corrected chi connectivity index (χ3v) is 2.46. The fraction of sp³-hybridized carbons (Fsp3) is 0.889. The number of halogens is 2. The molecule has 2 radical (unpaired) electrons. The molecule has 84 valence electrons. The van der Waals surface area contributed by atoms with E-state index < -0.39 is 36.5 Å². The summed E-state index contributed by atoms with van der Waals surface area (Å²) in [6.07, 6.45) is -3.88. The molecule has 15 heavy (non-hydrogen) atoms. The van der Waals surface area contributed by atoms with Crippen LogP contribution in [-0.2, 0) is 14.3 Å². The van der Waals surface area contributed by atoms with Gasteiger partial charge in [0.25, 0.3) is 0 Å². The second-order valence-corrected chi connectivity index (χ2v) is 3.53. The van der Waals surface area contributed by atoms with Crippen LogP contribution in [0.4, 0.5) is 8.78 Å². The highest BCUT2D eigenvalue weighted by Crippen LogP contribution is 2.34. The molecule has 0 unspecified atom stereocenters. The predicted octanol–water partition coefficient (Wildman–Crippen LogP) is 1.10. The highest BCUT2D eigenvalue weighted by atomic mass is 19.3. The van der Waals surface area contributed by atoms with Gasteiger partial charge in [0.15, 0.2) is 0 Å². The summed E-state index contributed by atoms with van der Waals surface area (Å²) in [6.45, 7) is 2.89. The first kappa shape index (κ1) is 12.4. The van der Waals surface area contributed by atoms with E-state index in [0.717, 1.165) is 6.92 Å². The van der Waals surface area contributed by atoms with Gasteiger partial charge in [0, 0.05) is 6.92 Å². The van der Waals surface area contributed by atoms with Crippen molar-refractivity contribution in [3.8, 4) is 0 Å². The van der Waals surface area contributed by atoms with Gasteiger partial charge in [-0.25, -0.2) is 8.78 Å². The first-order valence-electron chi connectivity index (χ1n) is 4.83. The number of carbonyl (C=O) groups is 1. The molecule has 1 rings (SSSR count). The molecule has 6 heteroatoms. The van der Waals surface area contributed by atoms with Gasteiger partial charge in [-0.2, -0.15) is 0 Å². The van der Waals surface area contributed by atoms with E-state index in [1.807, 2.05) is 0 Å². The van der Waals surface area contributed by atoms with Gasteiger partial charge in [-0.1, -0.05) is 6.92 Å². The summed E-state index contributed by atoms with van der Waals surface area (Å²) in [4.78, 5) is 10.7. The maximum atomic E-state index is 12.7. The van der Waals surface area contributed by atoms with Crippen molar-refractivity contribution in [3.05, 3.63) is 0 Å². The summed E-state index contributed by atoms with van der Waals surface area (Å²) in [6, 6.07) is -0.960. The van der Waals surface area contributed by atoms with Crippen LogP contribution in [0.1, 0.15) is 20.3 Å². The molecule has 0 aromatic heterocycles. The van der Waals surface area contributed by atoms with E-state index in [0.29, 0.717) is 6.42 Å². The van der Waals surface area contributed by atoms with E-state index in [9.17, 15) is 13.6 Å². The van der Waals surface area contributed by atoms with E-state index in [-0.39, 0.29) is 0 Å². The van der Waals surface area contributed by atoms with Crippen LogP contribution in [0.25, 0.3) is 0 Å². The number of hydrogen-bond acceptors (Lipinski definition) is 3. The van der Waals surface area contributed by atoms with Gasteiger partial charge in [0.2, 0.25) is 6.43 Å². The topological polar surface area (TPSA) is 35.5 Å². The number of esters is 1. The number of carbonyl (C=O) groups excluding carboxylic acids is 1. The minimum Gasteiger partial charge on any atom is -0.460 e. The van der Waals surface area contributed by atoms with Crippen LogP contribution in [0.3, 0.4) is 0 Å². The summed E-state index contributed by atoms with van der Waals surface area (Å²) in [5, 5.41) is 0. The highest BCUT2D eigenvalue weighted by Gasteiger charge is 2.48. The average molecular weight is 218 g/mol. The molecule has 0 spiro atoms. The van der Waals surface area contributed by atoms with Crippen LogP contribution in [0.15, 0.2) is 0 Å². The van der Waals surface area contributed by atoms with Gasteiger partial charge in [0.05, 0.1) is 18.0 Å². The van der Waals surface area contributed by atoms with Crippen LogP contribution in [-0.4, -0.2) is 38.5 Å². The zero-order chi connectivity index (χ0) is 11.6. The SMILES string of the molecule is [B][C@@H]1O[C@H](CC)[C@@H](C(F)F)[C@H]1OC(C)=O. The lowest BCUT2D eigenvalue weighted by Gasteiger charge is -2.21. The largest absolute Gasteiger partial charge is 0.460 e. The molecule has 3 nitrogen and oxygen atoms in total. The van der Waals surface area contributed by atoms with Gasteiger partial charge >= 0.3 is 5.97 Å². The Morgan fingerprint density at radius 3 is 2.60 bits per heavy atom. The minimum atomic E-state index is -2.60. The highest BCUT2D eigenvalue weighted by molar-refractivity contribution is 6.11. The Morgan fingerprint density at radius 2 is 2.20 bits per heavy atom. The second kappa shape index (κ2) is 4.92. The Hall–Kier alpha value is -0.645. The third-order valence-electron chi connectivity index (χ3n) is 2.46. The number of rotatable bonds is 3. The van der Waals surface area contributed by atoms with Crippen molar-refractivity contribution in [2.75, 3.05) is 0 Å². The molecule has 0 amide bonds. The first-order chi connectivity index (χ1) is 6.97. The monoisotopic (exact) mass is 218 g/mol. The van der Waals surface area contributed by atoms with E-state index in [1.165, 1.54) is 0 Å². The lowest BCUT2D eigenvalue weighted by molar-refractivity contribution is -0.151. The third kappa shape index (κ3) is 2.68. The van der Waals surface area contributed by atoms with Crippen molar-refractivity contribution < 1.29 is 23.0 Å². The van der Waals surface area contributed by atoms with Crippen molar-refractivity contribution in [2.45, 2.75) is 44.9 Å². The fourth-order valence-corrected chi connectivity index (χ4v) is 1.81. The van der Waals surface area contributed by atoms with Crippen molar-refractivity contribution in [1.82, 2.24) is 0 Å². The van der Waals surface area contributed by atoms with Gasteiger partial charge in [-0.15, -0.1) is 0 Å². The zero-order valence-electron chi connectivity index (χ0n) is 8.65. The Labute approximate surface area is 88.5 Å². The molecule has 1 aliphatic heterocycles. The lowest BCUT2D eigenvalue weighted by atomic mass is 9.87. The molecular formula is C9H13BF2O3. The van der Waals surface area contributed by atoms with Gasteiger partial charge in [-0.05, 0) is 6.42 Å². The summed E-state index contributed by atoms with van der Waals surface area (Å²) < 4.78 is 35.3. The molecule has 1 saturated heterocycles. The normalized spacial score (nSPS) is 35.8. The second-order valence-electron chi connectivity index (χ2n) is 3.53. The van der Waals surface area contributed by atoms with Gasteiger partial charge in [-0.3, -0.25) is 4.79 Å². The van der Waals surface area contributed by atoms with E-state index in [4.69, 9.17) is 17.3 Å². The zero-order valence-corrected chi connectivity index (χ0v) is 8.65. The smallest absolute Gasteiger partial charge is 0.302 e. The number of alkyl halides is 2. The van der Waals surface area contributed by atoms with Crippen molar-refractivity contribution in [1.29, 1.82) is 0 Å². The van der Waals surface area contributed by atoms with Crippen LogP contribution >= 0.6 is 0 Å². The Kier molecular flexibility index (Phi) is 4.08. The van der Waals surface area contributed by atoms with Crippen LogP contribution < -0.4 is 0 Å². The molecule has 1 heterocycles. The quantitative estimate of drug-likeness (QED) is 0.525. The van der Waals surface area contributed by atoms with Crippen LogP contribution in [0.5, 0.6) is 0 Å². The van der Waals surface area contributed by atoms with E-state index >= 15 is 0 Å². The molecule has 0 aliphatic carbocycles. The molecule has 0 aromatic rings. The van der Waals surface area contributed by atoms with E-state index in [2.05, 4.69) is 0 Å². The predicted molar refractivity (Wildman–Crippen MR) is 49.8 cm³/mol. The Morgan fingerprint density at radius 1 is 1.60 bits per heavy atom. The van der Waals surface area contributed by atoms with E-state index in [1.54, 1.807) is 6.92 Å². The molecule has 0 saturated carbocycles. The lowest BCUT2D eigenvalue weighted by Crippen LogP contribution is -2.36. The van der Waals surface area contributed by atoms with Crippen LogP contribution in [0.2, 0.25) is 0 Å². The molecule has 4 atom stereocenters. The average Bonchev–Trinajstić information content (AvgIpc) is 2.42. The maximum Gasteiger partial charge on any atom is 0.302 e. The Balaban J connectivity index is 2.77. The summed E-state index contributed by atoms with van der Waals surface area (Å²) in [5.74, 6) is -1.75. The summed E-state index contributed by atoms with van der Waals surface area (Å²) >= 11 is 0. The van der Waals surface area contributed by atoms with Crippen molar-refractivity contribution in [3.63, 3.8) is 0 Å². The van der Waals surface area contributed by atoms with Crippen LogP contribution in [0, 0.1) is 5.92 Å². The molecule has 1 aliphatic rings. The number of ether oxygens (including phenoxy) is 2. The van der Waals surface area contributed by atoms with Crippen molar-refractivity contribution in [2.24, 2.45) is 5.92 Å². The number of hydrogen-bond donors (Lipinski definition) is 0. The molecular weight excluding hydrogens is 205 g/mol. The van der Waals surface area contributed by atoms with Crippen molar-refractivity contribution >= 4 is 13.8 Å². The molecule has 0 N–H and O–H groups in total. The maximum absolute atomic E-state index is 12.7. The molecule has 1 fully saturated rings. The summed E-state index contributed by atoms with van der Waals surface area (Å²) in [7, 11) is 5.49. The first-order valence-corrected chi connectivity index (χ1v) is 4.83. The standard InChI is InChI=1S/C9H13BF2O3/c1-3-5-6(9(11)12)7(8(10)15-5)14-4(2)13/h5-9H,3H2,1-2H3/t5-,6-,7-,8-/m1/s1. The fourth-order valence-electron chi connectivity index (χ4n) is 1.81. The summed E-state index contributed by atoms with van der Waals surface area (Å²) in [5.41, 5.74) is 0. The van der Waals surface area contributed by atoms with Gasteiger partial charge in [0.1, 0.15) is 14.0 Å². The van der Waals surface area contributed by atoms with Gasteiger partial charge < -0.3 is 9.47 Å².